The molecule has 18 heavy (non-hydrogen) atoms. The summed E-state index contributed by atoms with van der Waals surface area (Å²) in [6.07, 6.45) is 3.23. The van der Waals surface area contributed by atoms with Crippen LogP contribution in [0.2, 0.25) is 0 Å². The first-order valence-corrected chi connectivity index (χ1v) is 7.88. The van der Waals surface area contributed by atoms with Crippen molar-refractivity contribution in [2.45, 2.75) is 63.0 Å². The van der Waals surface area contributed by atoms with E-state index in [-0.39, 0.29) is 20.7 Å². The number of aliphatic hydroxyl groups is 1. The van der Waals surface area contributed by atoms with E-state index in [9.17, 15) is 9.90 Å². The first-order chi connectivity index (χ1) is 8.17. The van der Waals surface area contributed by atoms with Gasteiger partial charge >= 0.3 is 0 Å². The molecule has 1 rings (SSSR count). The molecule has 0 aromatic heterocycles. The normalized spacial score (nSPS) is 28.6. The average Bonchev–Trinajstić information content (AvgIpc) is 2.57. The summed E-state index contributed by atoms with van der Waals surface area (Å²) in [5.41, 5.74) is 0.280. The second kappa shape index (κ2) is 5.65. The molecule has 0 aromatic rings. The summed E-state index contributed by atoms with van der Waals surface area (Å²) in [7, 11) is 1.69. The van der Waals surface area contributed by atoms with Crippen LogP contribution in [0.1, 0.15) is 53.4 Å². The largest absolute Gasteiger partial charge is 0.374 e. The number of aliphatic hydroxyl groups excluding tert-OH is 1. The van der Waals surface area contributed by atoms with E-state index < -0.39 is 6.23 Å². The number of halogens is 1. The molecule has 3 unspecified atom stereocenters. The van der Waals surface area contributed by atoms with Gasteiger partial charge < -0.3 is 10.0 Å². The van der Waals surface area contributed by atoms with Crippen molar-refractivity contribution in [1.29, 1.82) is 0 Å². The number of likely N-dealkylation sites (tertiary alicyclic amines) is 1. The van der Waals surface area contributed by atoms with Gasteiger partial charge in [0.2, 0.25) is 5.91 Å². The van der Waals surface area contributed by atoms with Gasteiger partial charge in [0.25, 0.3) is 0 Å². The van der Waals surface area contributed by atoms with Gasteiger partial charge in [-0.05, 0) is 18.8 Å². The maximum absolute atomic E-state index is 12.2. The van der Waals surface area contributed by atoms with Gasteiger partial charge in [0.1, 0.15) is 6.23 Å². The number of nitrogens with zero attached hydrogens (tertiary/aromatic N) is 1. The minimum atomic E-state index is -0.605. The lowest BCUT2D eigenvalue weighted by molar-refractivity contribution is -0.134. The molecular weight excluding hydrogens is 341 g/mol. The van der Waals surface area contributed by atoms with E-state index in [0.717, 1.165) is 19.3 Å². The van der Waals surface area contributed by atoms with Crippen molar-refractivity contribution < 1.29 is 9.90 Å². The monoisotopic (exact) mass is 367 g/mol. The highest BCUT2D eigenvalue weighted by Gasteiger charge is 2.48. The zero-order chi connectivity index (χ0) is 14.1. The van der Waals surface area contributed by atoms with Gasteiger partial charge in [0.05, 0.1) is 5.92 Å². The third-order valence-electron chi connectivity index (χ3n) is 4.75. The molecule has 1 heterocycles. The number of carbonyl (C=O) groups is 1. The smallest absolute Gasteiger partial charge is 0.228 e. The van der Waals surface area contributed by atoms with E-state index in [2.05, 4.69) is 50.3 Å². The molecule has 3 atom stereocenters. The van der Waals surface area contributed by atoms with Crippen LogP contribution in [0.5, 0.6) is 0 Å². The Balaban J connectivity index is 2.84. The second-order valence-electron chi connectivity index (χ2n) is 6.19. The molecule has 1 amide bonds. The summed E-state index contributed by atoms with van der Waals surface area (Å²) in [5.74, 6) is 0.0319. The predicted octanol–water partition coefficient (Wildman–Crippen LogP) is 3.19. The lowest BCUT2D eigenvalue weighted by Gasteiger charge is -2.38. The van der Waals surface area contributed by atoms with Gasteiger partial charge in [-0.15, -0.1) is 0 Å². The quantitative estimate of drug-likeness (QED) is 0.599. The Morgan fingerprint density at radius 1 is 1.39 bits per heavy atom. The van der Waals surface area contributed by atoms with Crippen LogP contribution >= 0.6 is 22.6 Å². The van der Waals surface area contributed by atoms with Crippen LogP contribution in [0, 0.1) is 11.3 Å². The Hall–Kier alpha value is 0.160. The molecule has 0 aromatic carbocycles. The maximum Gasteiger partial charge on any atom is 0.228 e. The molecule has 106 valence electrons. The molecule has 0 aliphatic carbocycles. The zero-order valence-electron chi connectivity index (χ0n) is 12.2. The highest BCUT2D eigenvalue weighted by molar-refractivity contribution is 14.1. The first kappa shape index (κ1) is 16.2. The molecular formula is C14H26INO2. The van der Waals surface area contributed by atoms with E-state index in [1.807, 2.05) is 0 Å². The van der Waals surface area contributed by atoms with E-state index in [0.29, 0.717) is 6.42 Å². The Kier molecular flexibility index (Phi) is 5.09. The minimum Gasteiger partial charge on any atom is -0.374 e. The van der Waals surface area contributed by atoms with Crippen molar-refractivity contribution in [3.8, 4) is 0 Å². The van der Waals surface area contributed by atoms with Crippen molar-refractivity contribution in [3.63, 3.8) is 0 Å². The topological polar surface area (TPSA) is 40.5 Å². The highest BCUT2D eigenvalue weighted by atomic mass is 127. The van der Waals surface area contributed by atoms with E-state index in [1.165, 1.54) is 4.90 Å². The Morgan fingerprint density at radius 3 is 2.22 bits per heavy atom. The number of hydrogen-bond donors (Lipinski definition) is 1. The summed E-state index contributed by atoms with van der Waals surface area (Å²) >= 11 is 2.43. The molecule has 1 aliphatic rings. The number of hydrogen-bond acceptors (Lipinski definition) is 2. The van der Waals surface area contributed by atoms with Crippen molar-refractivity contribution in [3.05, 3.63) is 0 Å². The molecule has 0 spiro atoms. The number of alkyl halides is 1. The SMILES string of the molecule is CCC(C)(CC)CC(C)(I)C1CC(O)N(C)C1=O. The molecule has 1 fully saturated rings. The molecule has 0 bridgehead atoms. The van der Waals surface area contributed by atoms with E-state index in [1.54, 1.807) is 7.05 Å². The minimum absolute atomic E-state index is 0.0597. The maximum atomic E-state index is 12.2. The van der Waals surface area contributed by atoms with Crippen molar-refractivity contribution in [1.82, 2.24) is 4.90 Å². The fourth-order valence-electron chi connectivity index (χ4n) is 2.82. The molecule has 1 aliphatic heterocycles. The number of amides is 1. The Bertz CT molecular complexity index is 313. The lowest BCUT2D eigenvalue weighted by Crippen LogP contribution is -2.39. The Labute approximate surface area is 124 Å². The van der Waals surface area contributed by atoms with Crippen molar-refractivity contribution in [2.24, 2.45) is 11.3 Å². The molecule has 4 heteroatoms. The molecule has 3 nitrogen and oxygen atoms in total. The summed E-state index contributed by atoms with van der Waals surface area (Å²) in [6, 6.07) is 0. The summed E-state index contributed by atoms with van der Waals surface area (Å²) in [4.78, 5) is 13.7. The fraction of sp³-hybridized carbons (Fsp3) is 0.929. The second-order valence-corrected chi connectivity index (χ2v) is 8.66. The molecule has 0 saturated carbocycles. The number of carbonyl (C=O) groups excluding carboxylic acids is 1. The third kappa shape index (κ3) is 3.18. The summed E-state index contributed by atoms with van der Waals surface area (Å²) in [5, 5.41) is 9.82. The van der Waals surface area contributed by atoms with Gasteiger partial charge in [-0.3, -0.25) is 4.79 Å². The first-order valence-electron chi connectivity index (χ1n) is 6.80. The van der Waals surface area contributed by atoms with Gasteiger partial charge in [-0.2, -0.15) is 0 Å². The lowest BCUT2D eigenvalue weighted by atomic mass is 9.73. The van der Waals surface area contributed by atoms with Crippen LogP contribution in [0.15, 0.2) is 0 Å². The van der Waals surface area contributed by atoms with Crippen molar-refractivity contribution in [2.75, 3.05) is 7.05 Å². The van der Waals surface area contributed by atoms with E-state index >= 15 is 0 Å². The molecule has 0 radical (unpaired) electrons. The van der Waals surface area contributed by atoms with Crippen LogP contribution in [0.25, 0.3) is 0 Å². The molecule has 1 saturated heterocycles. The van der Waals surface area contributed by atoms with Crippen LogP contribution in [0.3, 0.4) is 0 Å². The van der Waals surface area contributed by atoms with Crippen LogP contribution in [-0.2, 0) is 4.79 Å². The number of rotatable bonds is 5. The predicted molar refractivity (Wildman–Crippen MR) is 82.6 cm³/mol. The standard InChI is InChI=1S/C14H26INO2/c1-6-13(3,7-2)9-14(4,15)10-8-11(17)16(5)12(10)18/h10-11,17H,6-9H2,1-5H3. The van der Waals surface area contributed by atoms with Crippen LogP contribution in [-0.4, -0.2) is 32.6 Å². The van der Waals surface area contributed by atoms with Gasteiger partial charge in [-0.25, -0.2) is 0 Å². The van der Waals surface area contributed by atoms with E-state index in [4.69, 9.17) is 0 Å². The van der Waals surface area contributed by atoms with Gasteiger partial charge in [0, 0.05) is 16.9 Å². The summed E-state index contributed by atoms with van der Waals surface area (Å²) < 4.78 is -0.0820. The van der Waals surface area contributed by atoms with Crippen LogP contribution in [0.4, 0.5) is 0 Å². The Morgan fingerprint density at radius 2 is 1.89 bits per heavy atom. The van der Waals surface area contributed by atoms with Crippen molar-refractivity contribution >= 4 is 28.5 Å². The van der Waals surface area contributed by atoms with Crippen LogP contribution < -0.4 is 0 Å². The van der Waals surface area contributed by atoms with Gasteiger partial charge in [-0.1, -0.05) is 56.2 Å². The third-order valence-corrected chi connectivity index (χ3v) is 5.88. The fourth-order valence-corrected chi connectivity index (χ4v) is 4.26. The average molecular weight is 367 g/mol. The summed E-state index contributed by atoms with van der Waals surface area (Å²) in [6.45, 7) is 8.89. The zero-order valence-corrected chi connectivity index (χ0v) is 14.3. The van der Waals surface area contributed by atoms with Gasteiger partial charge in [0.15, 0.2) is 0 Å². The molecule has 1 N–H and O–H groups in total. The highest BCUT2D eigenvalue weighted by Crippen LogP contribution is 2.46.